The highest BCUT2D eigenvalue weighted by Crippen LogP contribution is 2.36. The predicted molar refractivity (Wildman–Crippen MR) is 84.0 cm³/mol. The van der Waals surface area contributed by atoms with Crippen LogP contribution >= 0.6 is 11.3 Å². The molecule has 1 aliphatic heterocycles. The highest BCUT2D eigenvalue weighted by atomic mass is 32.1. The maximum absolute atomic E-state index is 5.85. The van der Waals surface area contributed by atoms with Crippen LogP contribution in [0.4, 0.5) is 11.6 Å². The van der Waals surface area contributed by atoms with E-state index in [0.717, 1.165) is 31.7 Å². The van der Waals surface area contributed by atoms with Crippen LogP contribution in [0.3, 0.4) is 0 Å². The van der Waals surface area contributed by atoms with Crippen LogP contribution in [-0.4, -0.2) is 35.2 Å². The van der Waals surface area contributed by atoms with E-state index in [9.17, 15) is 0 Å². The van der Waals surface area contributed by atoms with Crippen molar-refractivity contribution in [1.29, 1.82) is 0 Å². The van der Waals surface area contributed by atoms with Gasteiger partial charge in [-0.25, -0.2) is 15.0 Å². The second-order valence-electron chi connectivity index (χ2n) is 5.19. The van der Waals surface area contributed by atoms with Crippen LogP contribution in [0.2, 0.25) is 0 Å². The normalized spacial score (nSPS) is 16.2. The third kappa shape index (κ3) is 2.78. The van der Waals surface area contributed by atoms with Gasteiger partial charge in [0.25, 0.3) is 0 Å². The second kappa shape index (κ2) is 5.85. The van der Waals surface area contributed by atoms with Gasteiger partial charge in [-0.05, 0) is 19.8 Å². The van der Waals surface area contributed by atoms with E-state index >= 15 is 0 Å². The smallest absolute Gasteiger partial charge is 0.204 e. The number of nitrogen functional groups attached to an aromatic ring is 1. The Morgan fingerprint density at radius 3 is 2.67 bits per heavy atom. The molecular formula is C14H19N5OS. The van der Waals surface area contributed by atoms with Crippen LogP contribution in [0.1, 0.15) is 28.6 Å². The standard InChI is InChI=1S/C14H19N5OS/c1-9-7-16-14(21-9)10-3-5-19(6-4-10)13-11(20-2)12(15)17-8-18-13/h7-8,10H,3-6H2,1-2H3,(H2,15,17,18). The minimum absolute atomic E-state index is 0.389. The molecule has 2 aromatic rings. The summed E-state index contributed by atoms with van der Waals surface area (Å²) in [4.78, 5) is 16.3. The topological polar surface area (TPSA) is 77.2 Å². The zero-order chi connectivity index (χ0) is 14.8. The number of thiazole rings is 1. The summed E-state index contributed by atoms with van der Waals surface area (Å²) in [5.41, 5.74) is 5.85. The molecule has 0 spiro atoms. The molecule has 21 heavy (non-hydrogen) atoms. The lowest BCUT2D eigenvalue weighted by molar-refractivity contribution is 0.408. The molecule has 2 N–H and O–H groups in total. The van der Waals surface area contributed by atoms with E-state index in [-0.39, 0.29) is 0 Å². The fraction of sp³-hybridized carbons (Fsp3) is 0.500. The molecule has 0 aliphatic carbocycles. The number of rotatable bonds is 3. The van der Waals surface area contributed by atoms with Crippen molar-refractivity contribution in [2.75, 3.05) is 30.8 Å². The predicted octanol–water partition coefficient (Wildman–Crippen LogP) is 2.22. The fourth-order valence-corrected chi connectivity index (χ4v) is 3.64. The molecule has 112 valence electrons. The number of methoxy groups -OCH3 is 1. The van der Waals surface area contributed by atoms with Gasteiger partial charge in [0.05, 0.1) is 12.1 Å². The Balaban J connectivity index is 1.73. The first kappa shape index (κ1) is 14.1. The van der Waals surface area contributed by atoms with Gasteiger partial charge in [0.1, 0.15) is 6.33 Å². The first-order valence-corrected chi connectivity index (χ1v) is 7.82. The summed E-state index contributed by atoms with van der Waals surface area (Å²) in [7, 11) is 1.60. The van der Waals surface area contributed by atoms with Crippen LogP contribution in [0.25, 0.3) is 0 Å². The summed E-state index contributed by atoms with van der Waals surface area (Å²) in [6.07, 6.45) is 5.59. The Labute approximate surface area is 128 Å². The summed E-state index contributed by atoms with van der Waals surface area (Å²) in [5.74, 6) is 2.30. The maximum Gasteiger partial charge on any atom is 0.204 e. The van der Waals surface area contributed by atoms with Gasteiger partial charge in [0.15, 0.2) is 11.6 Å². The molecule has 1 aliphatic rings. The van der Waals surface area contributed by atoms with Crippen LogP contribution < -0.4 is 15.4 Å². The zero-order valence-corrected chi connectivity index (χ0v) is 13.1. The first-order chi connectivity index (χ1) is 10.2. The van der Waals surface area contributed by atoms with Crippen molar-refractivity contribution < 1.29 is 4.74 Å². The monoisotopic (exact) mass is 305 g/mol. The van der Waals surface area contributed by atoms with Crippen molar-refractivity contribution in [2.45, 2.75) is 25.7 Å². The SMILES string of the molecule is COc1c(N)ncnc1N1CCC(c2ncc(C)s2)CC1. The molecule has 3 rings (SSSR count). The van der Waals surface area contributed by atoms with Crippen molar-refractivity contribution in [3.05, 3.63) is 22.4 Å². The summed E-state index contributed by atoms with van der Waals surface area (Å²) < 4.78 is 5.34. The van der Waals surface area contributed by atoms with Gasteiger partial charge in [-0.2, -0.15) is 0 Å². The van der Waals surface area contributed by atoms with Gasteiger partial charge in [0.2, 0.25) is 5.75 Å². The van der Waals surface area contributed by atoms with Crippen LogP contribution in [0.5, 0.6) is 5.75 Å². The quantitative estimate of drug-likeness (QED) is 0.937. The summed E-state index contributed by atoms with van der Waals surface area (Å²) in [6, 6.07) is 0. The Bertz CT molecular complexity index is 622. The molecule has 1 saturated heterocycles. The molecule has 0 radical (unpaired) electrons. The number of nitrogens with zero attached hydrogens (tertiary/aromatic N) is 4. The van der Waals surface area contributed by atoms with Crippen molar-refractivity contribution in [1.82, 2.24) is 15.0 Å². The van der Waals surface area contributed by atoms with E-state index in [1.165, 1.54) is 16.2 Å². The van der Waals surface area contributed by atoms with E-state index in [1.807, 2.05) is 6.20 Å². The third-order valence-corrected chi connectivity index (χ3v) is 4.87. The van der Waals surface area contributed by atoms with Crippen molar-refractivity contribution in [3.8, 4) is 5.75 Å². The van der Waals surface area contributed by atoms with E-state index in [0.29, 0.717) is 17.5 Å². The van der Waals surface area contributed by atoms with Gasteiger partial charge >= 0.3 is 0 Å². The fourth-order valence-electron chi connectivity index (χ4n) is 2.70. The minimum Gasteiger partial charge on any atom is -0.490 e. The van der Waals surface area contributed by atoms with Crippen molar-refractivity contribution in [3.63, 3.8) is 0 Å². The molecule has 7 heteroatoms. The molecule has 6 nitrogen and oxygen atoms in total. The molecule has 0 unspecified atom stereocenters. The molecule has 2 aromatic heterocycles. The highest BCUT2D eigenvalue weighted by molar-refractivity contribution is 7.11. The number of piperidine rings is 1. The summed E-state index contributed by atoms with van der Waals surface area (Å²) in [6.45, 7) is 3.96. The minimum atomic E-state index is 0.389. The largest absolute Gasteiger partial charge is 0.490 e. The Kier molecular flexibility index (Phi) is 3.92. The molecule has 0 saturated carbocycles. The second-order valence-corrected chi connectivity index (χ2v) is 6.45. The van der Waals surface area contributed by atoms with Gasteiger partial charge < -0.3 is 15.4 Å². The van der Waals surface area contributed by atoms with Gasteiger partial charge in [0, 0.05) is 30.1 Å². The number of aryl methyl sites for hydroxylation is 1. The first-order valence-electron chi connectivity index (χ1n) is 7.00. The number of anilines is 2. The number of aromatic nitrogens is 3. The molecule has 1 fully saturated rings. The molecular weight excluding hydrogens is 286 g/mol. The highest BCUT2D eigenvalue weighted by Gasteiger charge is 2.26. The molecule has 0 amide bonds. The molecule has 0 bridgehead atoms. The van der Waals surface area contributed by atoms with Gasteiger partial charge in [-0.15, -0.1) is 11.3 Å². The lowest BCUT2D eigenvalue weighted by Gasteiger charge is -2.32. The van der Waals surface area contributed by atoms with Crippen LogP contribution in [-0.2, 0) is 0 Å². The number of ether oxygens (including phenoxy) is 1. The molecule has 0 aromatic carbocycles. The Hall–Kier alpha value is -1.89. The van der Waals surface area contributed by atoms with Crippen LogP contribution in [0, 0.1) is 6.92 Å². The van der Waals surface area contributed by atoms with E-state index in [2.05, 4.69) is 26.8 Å². The number of hydrogen-bond acceptors (Lipinski definition) is 7. The molecule has 0 atom stereocenters. The van der Waals surface area contributed by atoms with E-state index in [1.54, 1.807) is 18.4 Å². The van der Waals surface area contributed by atoms with Gasteiger partial charge in [-0.1, -0.05) is 0 Å². The number of nitrogens with two attached hydrogens (primary N) is 1. The van der Waals surface area contributed by atoms with E-state index < -0.39 is 0 Å². The van der Waals surface area contributed by atoms with Crippen LogP contribution in [0.15, 0.2) is 12.5 Å². The summed E-state index contributed by atoms with van der Waals surface area (Å²) in [5, 5.41) is 1.25. The number of hydrogen-bond donors (Lipinski definition) is 1. The Morgan fingerprint density at radius 2 is 2.05 bits per heavy atom. The van der Waals surface area contributed by atoms with E-state index in [4.69, 9.17) is 10.5 Å². The molecule has 3 heterocycles. The average molecular weight is 305 g/mol. The van der Waals surface area contributed by atoms with Crippen molar-refractivity contribution >= 4 is 23.0 Å². The van der Waals surface area contributed by atoms with Gasteiger partial charge in [-0.3, -0.25) is 0 Å². The zero-order valence-electron chi connectivity index (χ0n) is 12.2. The average Bonchev–Trinajstić information content (AvgIpc) is 2.94. The Morgan fingerprint density at radius 1 is 1.29 bits per heavy atom. The third-order valence-electron chi connectivity index (χ3n) is 3.80. The van der Waals surface area contributed by atoms with Crippen molar-refractivity contribution in [2.24, 2.45) is 0 Å². The maximum atomic E-state index is 5.85. The lowest BCUT2D eigenvalue weighted by atomic mass is 9.97. The summed E-state index contributed by atoms with van der Waals surface area (Å²) >= 11 is 1.80. The lowest BCUT2D eigenvalue weighted by Crippen LogP contribution is -2.34.